The molecule has 2 aromatic heterocycles. The van der Waals surface area contributed by atoms with Crippen LogP contribution in [0.15, 0.2) is 4.79 Å². The summed E-state index contributed by atoms with van der Waals surface area (Å²) in [6, 6.07) is -0.684. The van der Waals surface area contributed by atoms with Gasteiger partial charge in [0, 0.05) is 4.88 Å². The number of esters is 1. The van der Waals surface area contributed by atoms with E-state index >= 15 is 0 Å². The Morgan fingerprint density at radius 3 is 2.43 bits per heavy atom. The molecule has 1 atom stereocenters. The average Bonchev–Trinajstić information content (AvgIpc) is 2.63. The summed E-state index contributed by atoms with van der Waals surface area (Å²) in [5, 5.41) is 0.604. The van der Waals surface area contributed by atoms with Gasteiger partial charge in [-0.25, -0.2) is 9.78 Å². The van der Waals surface area contributed by atoms with Crippen molar-refractivity contribution >= 4 is 27.5 Å². The Balaban J connectivity index is 2.61. The molecule has 114 valence electrons. The molecule has 0 aliphatic carbocycles. The molecule has 2 heterocycles. The van der Waals surface area contributed by atoms with Crippen molar-refractivity contribution < 1.29 is 9.53 Å². The number of rotatable bonds is 3. The lowest BCUT2D eigenvalue weighted by Gasteiger charge is -2.18. The van der Waals surface area contributed by atoms with Gasteiger partial charge < -0.3 is 4.74 Å². The maximum atomic E-state index is 12.7. The quantitative estimate of drug-likeness (QED) is 0.818. The topological polar surface area (TPSA) is 61.2 Å². The number of thiophene rings is 1. The molecule has 6 heteroatoms. The van der Waals surface area contributed by atoms with Gasteiger partial charge in [0.1, 0.15) is 16.7 Å². The molecule has 0 bridgehead atoms. The molecule has 0 N–H and O–H groups in total. The van der Waals surface area contributed by atoms with Gasteiger partial charge in [-0.1, -0.05) is 0 Å². The molecule has 0 saturated carbocycles. The number of aromatic nitrogens is 2. The number of carbonyl (C=O) groups is 1. The zero-order valence-electron chi connectivity index (χ0n) is 13.2. The van der Waals surface area contributed by atoms with Crippen LogP contribution in [0.1, 0.15) is 43.1 Å². The highest BCUT2D eigenvalue weighted by Crippen LogP contribution is 2.26. The van der Waals surface area contributed by atoms with E-state index < -0.39 is 12.0 Å². The van der Waals surface area contributed by atoms with Crippen molar-refractivity contribution in [1.29, 1.82) is 0 Å². The molecular weight excluding hydrogens is 288 g/mol. The summed E-state index contributed by atoms with van der Waals surface area (Å²) in [4.78, 5) is 31.1. The highest BCUT2D eigenvalue weighted by molar-refractivity contribution is 7.18. The summed E-state index contributed by atoms with van der Waals surface area (Å²) in [6.45, 7) is 10.9. The molecule has 0 saturated heterocycles. The van der Waals surface area contributed by atoms with Crippen LogP contribution in [0.2, 0.25) is 0 Å². The number of carbonyl (C=O) groups excluding carboxylic acids is 1. The molecular formula is C15H20N2O3S. The first-order valence-electron chi connectivity index (χ1n) is 6.93. The zero-order valence-corrected chi connectivity index (χ0v) is 14.0. The van der Waals surface area contributed by atoms with E-state index in [4.69, 9.17) is 4.74 Å². The van der Waals surface area contributed by atoms with Gasteiger partial charge in [-0.3, -0.25) is 9.36 Å². The third kappa shape index (κ3) is 2.72. The second-order valence-electron chi connectivity index (χ2n) is 5.46. The van der Waals surface area contributed by atoms with Crippen LogP contribution in [0, 0.1) is 20.8 Å². The number of ether oxygens (including phenoxy) is 1. The van der Waals surface area contributed by atoms with Crippen LogP contribution < -0.4 is 5.56 Å². The molecule has 0 spiro atoms. The lowest BCUT2D eigenvalue weighted by atomic mass is 10.2. The minimum absolute atomic E-state index is 0.174. The predicted molar refractivity (Wildman–Crippen MR) is 84.0 cm³/mol. The number of hydrogen-bond donors (Lipinski definition) is 0. The van der Waals surface area contributed by atoms with Crippen molar-refractivity contribution in [2.75, 3.05) is 0 Å². The molecule has 21 heavy (non-hydrogen) atoms. The van der Waals surface area contributed by atoms with Crippen LogP contribution >= 0.6 is 11.3 Å². The van der Waals surface area contributed by atoms with Crippen LogP contribution in [-0.2, 0) is 9.53 Å². The first-order valence-corrected chi connectivity index (χ1v) is 7.75. The van der Waals surface area contributed by atoms with E-state index in [1.54, 1.807) is 27.7 Å². The second kappa shape index (κ2) is 5.60. The monoisotopic (exact) mass is 308 g/mol. The van der Waals surface area contributed by atoms with E-state index in [2.05, 4.69) is 4.98 Å². The van der Waals surface area contributed by atoms with Crippen LogP contribution in [-0.4, -0.2) is 21.6 Å². The average molecular weight is 308 g/mol. The van der Waals surface area contributed by atoms with E-state index in [9.17, 15) is 9.59 Å². The van der Waals surface area contributed by atoms with Crippen molar-refractivity contribution in [1.82, 2.24) is 9.55 Å². The second-order valence-corrected chi connectivity index (χ2v) is 6.66. The summed E-state index contributed by atoms with van der Waals surface area (Å²) >= 11 is 1.51. The molecule has 0 fully saturated rings. The predicted octanol–water partition coefficient (Wildman–Crippen LogP) is 2.90. The van der Waals surface area contributed by atoms with E-state index in [1.807, 2.05) is 13.8 Å². The first kappa shape index (κ1) is 15.7. The summed E-state index contributed by atoms with van der Waals surface area (Å²) in [5.74, 6) is 0.114. The number of aryl methyl sites for hydroxylation is 3. The molecule has 2 aromatic rings. The molecule has 0 aliphatic heterocycles. The van der Waals surface area contributed by atoms with Gasteiger partial charge in [-0.2, -0.15) is 0 Å². The Labute approximate surface area is 127 Å². The van der Waals surface area contributed by atoms with Crippen molar-refractivity contribution in [3.05, 3.63) is 26.6 Å². The van der Waals surface area contributed by atoms with Gasteiger partial charge in [0.2, 0.25) is 0 Å². The van der Waals surface area contributed by atoms with Crippen LogP contribution in [0.25, 0.3) is 10.2 Å². The Bertz CT molecular complexity index is 758. The fourth-order valence-corrected chi connectivity index (χ4v) is 3.37. The molecule has 2 rings (SSSR count). The van der Waals surface area contributed by atoms with Gasteiger partial charge in [0.15, 0.2) is 0 Å². The van der Waals surface area contributed by atoms with Crippen molar-refractivity contribution in [3.63, 3.8) is 0 Å². The molecule has 5 nitrogen and oxygen atoms in total. The molecule has 0 radical (unpaired) electrons. The Morgan fingerprint density at radius 1 is 1.24 bits per heavy atom. The lowest BCUT2D eigenvalue weighted by Crippen LogP contribution is -2.32. The minimum atomic E-state index is -0.684. The summed E-state index contributed by atoms with van der Waals surface area (Å²) < 4.78 is 6.62. The summed E-state index contributed by atoms with van der Waals surface area (Å²) in [6.07, 6.45) is -0.210. The molecule has 1 unspecified atom stereocenters. The third-order valence-corrected chi connectivity index (χ3v) is 4.59. The Kier molecular flexibility index (Phi) is 4.18. The number of nitrogens with zero attached hydrogens (tertiary/aromatic N) is 2. The molecule has 0 amide bonds. The molecule has 0 aliphatic rings. The van der Waals surface area contributed by atoms with Crippen molar-refractivity contribution in [2.45, 2.75) is 53.7 Å². The minimum Gasteiger partial charge on any atom is -0.461 e. The highest BCUT2D eigenvalue weighted by atomic mass is 32.1. The van der Waals surface area contributed by atoms with Crippen LogP contribution in [0.5, 0.6) is 0 Å². The Hall–Kier alpha value is -1.69. The van der Waals surface area contributed by atoms with Gasteiger partial charge in [-0.05, 0) is 47.1 Å². The SMILES string of the molecule is Cc1sc2nc(C)n(C(C)C(=O)OC(C)C)c(=O)c2c1C. The van der Waals surface area contributed by atoms with E-state index in [0.29, 0.717) is 11.2 Å². The largest absolute Gasteiger partial charge is 0.461 e. The van der Waals surface area contributed by atoms with Crippen molar-refractivity contribution in [3.8, 4) is 0 Å². The van der Waals surface area contributed by atoms with Crippen molar-refractivity contribution in [2.24, 2.45) is 0 Å². The zero-order chi connectivity index (χ0) is 15.9. The third-order valence-electron chi connectivity index (χ3n) is 3.49. The van der Waals surface area contributed by atoms with E-state index in [1.165, 1.54) is 15.9 Å². The van der Waals surface area contributed by atoms with Gasteiger partial charge >= 0.3 is 5.97 Å². The standard InChI is InChI=1S/C15H20N2O3S/c1-7(2)20-15(19)9(4)17-11(6)16-13-12(14(17)18)8(3)10(5)21-13/h7,9H,1-6H3. The van der Waals surface area contributed by atoms with Crippen LogP contribution in [0.4, 0.5) is 0 Å². The van der Waals surface area contributed by atoms with E-state index in [-0.39, 0.29) is 11.7 Å². The number of hydrogen-bond acceptors (Lipinski definition) is 5. The summed E-state index contributed by atoms with van der Waals surface area (Å²) in [5.41, 5.74) is 0.762. The van der Waals surface area contributed by atoms with Gasteiger partial charge in [0.25, 0.3) is 5.56 Å². The highest BCUT2D eigenvalue weighted by Gasteiger charge is 2.23. The maximum Gasteiger partial charge on any atom is 0.329 e. The molecule has 0 aromatic carbocycles. The van der Waals surface area contributed by atoms with Gasteiger partial charge in [-0.15, -0.1) is 11.3 Å². The lowest BCUT2D eigenvalue weighted by molar-refractivity contribution is -0.151. The fraction of sp³-hybridized carbons (Fsp3) is 0.533. The summed E-state index contributed by atoms with van der Waals surface area (Å²) in [7, 11) is 0. The smallest absolute Gasteiger partial charge is 0.329 e. The maximum absolute atomic E-state index is 12.7. The van der Waals surface area contributed by atoms with Gasteiger partial charge in [0.05, 0.1) is 11.5 Å². The fourth-order valence-electron chi connectivity index (χ4n) is 2.30. The first-order chi connectivity index (χ1) is 9.73. The normalized spacial score (nSPS) is 12.9. The number of fused-ring (bicyclic) bond motifs is 1. The Morgan fingerprint density at radius 2 is 1.86 bits per heavy atom. The van der Waals surface area contributed by atoms with Crippen LogP contribution in [0.3, 0.4) is 0 Å². The van der Waals surface area contributed by atoms with E-state index in [0.717, 1.165) is 15.3 Å².